The number of hydrogen-bond acceptors (Lipinski definition) is 3. The molecule has 26 heavy (non-hydrogen) atoms. The first kappa shape index (κ1) is 16.9. The molecule has 3 aromatic rings. The largest absolute Gasteiger partial charge is 0.467 e. The fraction of sp³-hybridized carbons (Fsp3) is 0.318. The number of carbonyl (C=O) groups excluding carboxylic acids is 1. The normalized spacial score (nSPS) is 14.0. The van der Waals surface area contributed by atoms with E-state index in [1.807, 2.05) is 12.1 Å². The monoisotopic (exact) mass is 348 g/mol. The smallest absolute Gasteiger partial charge is 0.221 e. The molecule has 0 atom stereocenters. The standard InChI is InChI=1S/C22H24N2O2/c25-22(23-15-20-8-4-14-26-20)12-13-24(19-10-11-19)16-18-7-3-6-17-5-1-2-9-21(17)18/h1-9,14,19H,10-13,15-16H2,(H,23,25). The Labute approximate surface area is 153 Å². The van der Waals surface area contributed by atoms with Crippen molar-refractivity contribution in [2.45, 2.75) is 38.4 Å². The van der Waals surface area contributed by atoms with Crippen LogP contribution in [0.25, 0.3) is 10.8 Å². The van der Waals surface area contributed by atoms with E-state index in [0.717, 1.165) is 18.8 Å². The van der Waals surface area contributed by atoms with Crippen LogP contribution < -0.4 is 5.32 Å². The summed E-state index contributed by atoms with van der Waals surface area (Å²) in [6, 6.07) is 19.3. The molecule has 1 aliphatic rings. The zero-order valence-corrected chi connectivity index (χ0v) is 14.9. The Bertz CT molecular complexity index is 863. The van der Waals surface area contributed by atoms with Crippen molar-refractivity contribution in [3.63, 3.8) is 0 Å². The molecular formula is C22H24N2O2. The summed E-state index contributed by atoms with van der Waals surface area (Å²) in [5, 5.41) is 5.52. The molecule has 1 heterocycles. The fourth-order valence-corrected chi connectivity index (χ4v) is 3.41. The summed E-state index contributed by atoms with van der Waals surface area (Å²) in [5.41, 5.74) is 1.34. The average Bonchev–Trinajstić information content (AvgIpc) is 3.38. The van der Waals surface area contributed by atoms with Crippen LogP contribution >= 0.6 is 0 Å². The Morgan fingerprint density at radius 2 is 1.92 bits per heavy atom. The number of furan rings is 1. The lowest BCUT2D eigenvalue weighted by atomic mass is 10.0. The summed E-state index contributed by atoms with van der Waals surface area (Å²) in [6.07, 6.45) is 4.61. The molecule has 1 amide bonds. The Balaban J connectivity index is 1.36. The van der Waals surface area contributed by atoms with Crippen LogP contribution in [0.2, 0.25) is 0 Å². The van der Waals surface area contributed by atoms with Gasteiger partial charge in [0.1, 0.15) is 5.76 Å². The topological polar surface area (TPSA) is 45.5 Å². The van der Waals surface area contributed by atoms with Crippen molar-refractivity contribution in [2.24, 2.45) is 0 Å². The minimum absolute atomic E-state index is 0.0740. The highest BCUT2D eigenvalue weighted by Gasteiger charge is 2.29. The number of fused-ring (bicyclic) bond motifs is 1. The zero-order valence-electron chi connectivity index (χ0n) is 14.9. The molecule has 4 nitrogen and oxygen atoms in total. The van der Waals surface area contributed by atoms with E-state index in [4.69, 9.17) is 4.42 Å². The van der Waals surface area contributed by atoms with Gasteiger partial charge >= 0.3 is 0 Å². The van der Waals surface area contributed by atoms with Crippen LogP contribution in [0.5, 0.6) is 0 Å². The van der Waals surface area contributed by atoms with Crippen molar-refractivity contribution in [1.29, 1.82) is 0 Å². The summed E-state index contributed by atoms with van der Waals surface area (Å²) in [6.45, 7) is 2.15. The van der Waals surface area contributed by atoms with Crippen molar-refractivity contribution in [3.05, 3.63) is 72.2 Å². The Morgan fingerprint density at radius 1 is 1.08 bits per heavy atom. The Kier molecular flexibility index (Phi) is 5.02. The highest BCUT2D eigenvalue weighted by molar-refractivity contribution is 5.85. The lowest BCUT2D eigenvalue weighted by Gasteiger charge is -2.22. The van der Waals surface area contributed by atoms with Gasteiger partial charge in [-0.1, -0.05) is 42.5 Å². The second-order valence-corrected chi connectivity index (χ2v) is 6.95. The van der Waals surface area contributed by atoms with Crippen LogP contribution in [0, 0.1) is 0 Å². The third-order valence-corrected chi connectivity index (χ3v) is 4.98. The van der Waals surface area contributed by atoms with Gasteiger partial charge in [-0.2, -0.15) is 0 Å². The van der Waals surface area contributed by atoms with E-state index in [1.165, 1.54) is 29.2 Å². The highest BCUT2D eigenvalue weighted by Crippen LogP contribution is 2.30. The van der Waals surface area contributed by atoms with Crippen molar-refractivity contribution < 1.29 is 9.21 Å². The SMILES string of the molecule is O=C(CCN(Cc1cccc2ccccc12)C1CC1)NCc1ccco1. The fourth-order valence-electron chi connectivity index (χ4n) is 3.41. The van der Waals surface area contributed by atoms with Crippen LogP contribution in [-0.4, -0.2) is 23.4 Å². The molecule has 0 bridgehead atoms. The second kappa shape index (κ2) is 7.75. The molecule has 1 saturated carbocycles. The number of nitrogens with one attached hydrogen (secondary N) is 1. The minimum Gasteiger partial charge on any atom is -0.467 e. The maximum absolute atomic E-state index is 12.2. The molecule has 0 saturated heterocycles. The Morgan fingerprint density at radius 3 is 2.73 bits per heavy atom. The van der Waals surface area contributed by atoms with Crippen molar-refractivity contribution >= 4 is 16.7 Å². The summed E-state index contributed by atoms with van der Waals surface area (Å²) in [4.78, 5) is 14.6. The van der Waals surface area contributed by atoms with Gasteiger partial charge in [0.2, 0.25) is 5.91 Å². The maximum atomic E-state index is 12.2. The predicted molar refractivity (Wildman–Crippen MR) is 103 cm³/mol. The van der Waals surface area contributed by atoms with Crippen molar-refractivity contribution in [1.82, 2.24) is 10.2 Å². The number of nitrogens with zero attached hydrogens (tertiary/aromatic N) is 1. The Hall–Kier alpha value is -2.59. The molecule has 0 radical (unpaired) electrons. The van der Waals surface area contributed by atoms with Gasteiger partial charge in [0, 0.05) is 25.6 Å². The van der Waals surface area contributed by atoms with Crippen LogP contribution in [0.15, 0.2) is 65.3 Å². The van der Waals surface area contributed by atoms with Gasteiger partial charge in [0.05, 0.1) is 12.8 Å². The first-order chi connectivity index (χ1) is 12.8. The zero-order chi connectivity index (χ0) is 17.8. The first-order valence-corrected chi connectivity index (χ1v) is 9.29. The quantitative estimate of drug-likeness (QED) is 0.666. The van der Waals surface area contributed by atoms with E-state index in [0.29, 0.717) is 19.0 Å². The number of amides is 1. The lowest BCUT2D eigenvalue weighted by Crippen LogP contribution is -2.31. The number of rotatable bonds is 8. The van der Waals surface area contributed by atoms with Gasteiger partial charge in [-0.15, -0.1) is 0 Å². The molecule has 1 aromatic heterocycles. The number of carbonyl (C=O) groups is 1. The third-order valence-electron chi connectivity index (χ3n) is 4.98. The minimum atomic E-state index is 0.0740. The third kappa shape index (κ3) is 4.14. The predicted octanol–water partition coefficient (Wildman–Crippen LogP) is 4.10. The molecule has 1 N–H and O–H groups in total. The number of hydrogen-bond donors (Lipinski definition) is 1. The first-order valence-electron chi connectivity index (χ1n) is 9.29. The van der Waals surface area contributed by atoms with Gasteiger partial charge in [-0.05, 0) is 41.3 Å². The molecular weight excluding hydrogens is 324 g/mol. The van der Waals surface area contributed by atoms with Gasteiger partial charge in [-0.3, -0.25) is 9.69 Å². The molecule has 1 fully saturated rings. The molecule has 4 rings (SSSR count). The van der Waals surface area contributed by atoms with Crippen molar-refractivity contribution in [2.75, 3.05) is 6.54 Å². The van der Waals surface area contributed by atoms with E-state index in [-0.39, 0.29) is 5.91 Å². The van der Waals surface area contributed by atoms with E-state index >= 15 is 0 Å². The summed E-state index contributed by atoms with van der Waals surface area (Å²) in [7, 11) is 0. The molecule has 0 unspecified atom stereocenters. The highest BCUT2D eigenvalue weighted by atomic mass is 16.3. The van der Waals surface area contributed by atoms with E-state index in [2.05, 4.69) is 52.7 Å². The van der Waals surface area contributed by atoms with Crippen molar-refractivity contribution in [3.8, 4) is 0 Å². The summed E-state index contributed by atoms with van der Waals surface area (Å²) >= 11 is 0. The van der Waals surface area contributed by atoms with E-state index < -0.39 is 0 Å². The maximum Gasteiger partial charge on any atom is 0.221 e. The summed E-state index contributed by atoms with van der Waals surface area (Å²) in [5.74, 6) is 0.859. The summed E-state index contributed by atoms with van der Waals surface area (Å²) < 4.78 is 5.25. The van der Waals surface area contributed by atoms with Gasteiger partial charge in [0.15, 0.2) is 0 Å². The number of benzene rings is 2. The molecule has 1 aliphatic carbocycles. The van der Waals surface area contributed by atoms with Crippen LogP contribution in [0.1, 0.15) is 30.6 Å². The van der Waals surface area contributed by atoms with E-state index in [1.54, 1.807) is 6.26 Å². The van der Waals surface area contributed by atoms with Crippen LogP contribution in [0.4, 0.5) is 0 Å². The lowest BCUT2D eigenvalue weighted by molar-refractivity contribution is -0.121. The second-order valence-electron chi connectivity index (χ2n) is 6.95. The average molecular weight is 348 g/mol. The van der Waals surface area contributed by atoms with Crippen LogP contribution in [0.3, 0.4) is 0 Å². The van der Waals surface area contributed by atoms with Crippen LogP contribution in [-0.2, 0) is 17.9 Å². The van der Waals surface area contributed by atoms with E-state index in [9.17, 15) is 4.79 Å². The molecule has 134 valence electrons. The molecule has 0 aliphatic heterocycles. The molecule has 4 heteroatoms. The van der Waals surface area contributed by atoms with Gasteiger partial charge in [-0.25, -0.2) is 0 Å². The van der Waals surface area contributed by atoms with Gasteiger partial charge in [0.25, 0.3) is 0 Å². The van der Waals surface area contributed by atoms with Gasteiger partial charge < -0.3 is 9.73 Å². The molecule has 2 aromatic carbocycles. The molecule has 0 spiro atoms.